The van der Waals surface area contributed by atoms with Crippen LogP contribution in [0, 0.1) is 0 Å². The van der Waals surface area contributed by atoms with Crippen molar-refractivity contribution in [1.29, 1.82) is 0 Å². The first-order valence-corrected chi connectivity index (χ1v) is 12.7. The van der Waals surface area contributed by atoms with E-state index in [1.54, 1.807) is 18.8 Å². The smallest absolute Gasteiger partial charge is 0.240 e. The van der Waals surface area contributed by atoms with E-state index in [1.807, 2.05) is 6.92 Å². The molecule has 2 aromatic heterocycles. The summed E-state index contributed by atoms with van der Waals surface area (Å²) in [7, 11) is 0.482. The molecule has 1 N–H and O–H groups in total. The monoisotopic (exact) mass is 518 g/mol. The molecule has 4 atom stereocenters. The van der Waals surface area contributed by atoms with E-state index < -0.39 is 21.4 Å². The Hall–Kier alpha value is -1.90. The summed E-state index contributed by atoms with van der Waals surface area (Å²) in [4.78, 5) is 8.21. The predicted molar refractivity (Wildman–Crippen MR) is 124 cm³/mol. The number of nitrogens with zero attached hydrogens (tertiary/aromatic N) is 5. The van der Waals surface area contributed by atoms with Crippen LogP contribution in [0.15, 0.2) is 12.4 Å². The van der Waals surface area contributed by atoms with E-state index in [1.165, 1.54) is 26.4 Å². The second-order valence-electron chi connectivity index (χ2n) is 8.10. The maximum atomic E-state index is 13.4. The fourth-order valence-electron chi connectivity index (χ4n) is 3.89. The minimum absolute atomic E-state index is 0.0379. The van der Waals surface area contributed by atoms with E-state index in [2.05, 4.69) is 24.9 Å². The lowest BCUT2D eigenvalue weighted by Crippen LogP contribution is -2.34. The second kappa shape index (κ2) is 11.7. The maximum absolute atomic E-state index is 13.4. The summed E-state index contributed by atoms with van der Waals surface area (Å²) in [5.74, 6) is 0.742. The van der Waals surface area contributed by atoms with Crippen LogP contribution in [0.4, 0.5) is 5.95 Å². The van der Waals surface area contributed by atoms with Crippen molar-refractivity contribution in [3.8, 4) is 0 Å². The van der Waals surface area contributed by atoms with E-state index in [9.17, 15) is 8.42 Å². The Balaban J connectivity index is 1.94. The molecular formula is C20H31ClN6O6S. The summed E-state index contributed by atoms with van der Waals surface area (Å²) in [6.07, 6.45) is 3.19. The highest BCUT2D eigenvalue weighted by atomic mass is 35.5. The van der Waals surface area contributed by atoms with Crippen LogP contribution in [-0.2, 0) is 29.0 Å². The standard InChI is InChI=1S/C20H31ClN6O6S/c1-12-6-7-16(33-12)19-24-25-20(27(19)15(10-30-3)11-31-4)26-34(28,29)13(2)17(32-5)18-22-8-14(21)9-23-18/h8-9,12-13,15-17H,6-7,10-11H2,1-5H3,(H,25,26)/t12-,13-,16-,17-/m0/s1. The van der Waals surface area contributed by atoms with Crippen LogP contribution in [0.1, 0.15) is 56.6 Å². The van der Waals surface area contributed by atoms with Crippen molar-refractivity contribution in [1.82, 2.24) is 24.7 Å². The van der Waals surface area contributed by atoms with Crippen LogP contribution in [0.2, 0.25) is 5.02 Å². The first kappa shape index (κ1) is 26.7. The first-order chi connectivity index (χ1) is 16.2. The Kier molecular flexibility index (Phi) is 9.18. The molecule has 0 aromatic carbocycles. The van der Waals surface area contributed by atoms with Gasteiger partial charge in [0.1, 0.15) is 17.5 Å². The molecular weight excluding hydrogens is 488 g/mol. The van der Waals surface area contributed by atoms with Gasteiger partial charge in [-0.05, 0) is 26.7 Å². The van der Waals surface area contributed by atoms with Gasteiger partial charge in [0.05, 0.1) is 30.4 Å². The molecule has 2 aromatic rings. The molecule has 12 nitrogen and oxygen atoms in total. The second-order valence-corrected chi connectivity index (χ2v) is 10.6. The summed E-state index contributed by atoms with van der Waals surface area (Å²) in [6.45, 7) is 3.99. The Morgan fingerprint density at radius 3 is 2.35 bits per heavy atom. The molecule has 34 heavy (non-hydrogen) atoms. The van der Waals surface area contributed by atoms with Gasteiger partial charge in [0.2, 0.25) is 16.0 Å². The van der Waals surface area contributed by atoms with Gasteiger partial charge in [-0.1, -0.05) is 11.6 Å². The summed E-state index contributed by atoms with van der Waals surface area (Å²) >= 11 is 5.85. The number of halogens is 1. The zero-order valence-corrected chi connectivity index (χ0v) is 21.4. The van der Waals surface area contributed by atoms with Gasteiger partial charge in [0.15, 0.2) is 11.6 Å². The third-order valence-corrected chi connectivity index (χ3v) is 7.51. The quantitative estimate of drug-likeness (QED) is 0.445. The fourth-order valence-corrected chi connectivity index (χ4v) is 5.12. The van der Waals surface area contributed by atoms with Gasteiger partial charge in [-0.2, -0.15) is 0 Å². The summed E-state index contributed by atoms with van der Waals surface area (Å²) < 4.78 is 53.1. The van der Waals surface area contributed by atoms with Crippen molar-refractivity contribution in [3.63, 3.8) is 0 Å². The third-order valence-electron chi connectivity index (χ3n) is 5.62. The number of sulfonamides is 1. The molecule has 0 amide bonds. The van der Waals surface area contributed by atoms with Crippen LogP contribution in [-0.4, -0.2) is 79.0 Å². The van der Waals surface area contributed by atoms with Crippen LogP contribution < -0.4 is 4.72 Å². The highest BCUT2D eigenvalue weighted by molar-refractivity contribution is 7.93. The van der Waals surface area contributed by atoms with Gasteiger partial charge < -0.3 is 18.9 Å². The van der Waals surface area contributed by atoms with Crippen molar-refractivity contribution in [2.24, 2.45) is 0 Å². The summed E-state index contributed by atoms with van der Waals surface area (Å²) in [6, 6.07) is -0.384. The number of anilines is 1. The van der Waals surface area contributed by atoms with E-state index in [-0.39, 0.29) is 43.2 Å². The number of nitrogens with one attached hydrogen (secondary N) is 1. The van der Waals surface area contributed by atoms with Crippen molar-refractivity contribution < 1.29 is 27.4 Å². The number of hydrogen-bond donors (Lipinski definition) is 1. The molecule has 1 aliphatic heterocycles. The molecule has 3 rings (SSSR count). The van der Waals surface area contributed by atoms with E-state index >= 15 is 0 Å². The Morgan fingerprint density at radius 2 is 1.82 bits per heavy atom. The molecule has 0 aliphatic carbocycles. The SMILES string of the molecule is COCC(COC)n1c(NS(=O)(=O)[C@@H](C)[C@H](OC)c2ncc(Cl)cn2)nnc1[C@@H]1CC[C@H](C)O1. The van der Waals surface area contributed by atoms with Crippen LogP contribution >= 0.6 is 11.6 Å². The molecule has 1 saturated heterocycles. The van der Waals surface area contributed by atoms with Gasteiger partial charge in [-0.3, -0.25) is 9.29 Å². The third kappa shape index (κ3) is 6.01. The van der Waals surface area contributed by atoms with Crippen LogP contribution in [0.3, 0.4) is 0 Å². The molecule has 3 heterocycles. The zero-order valence-electron chi connectivity index (χ0n) is 19.8. The van der Waals surface area contributed by atoms with Crippen molar-refractivity contribution in [2.45, 2.75) is 56.3 Å². The van der Waals surface area contributed by atoms with Gasteiger partial charge in [-0.25, -0.2) is 18.4 Å². The molecule has 190 valence electrons. The molecule has 0 unspecified atom stereocenters. The maximum Gasteiger partial charge on any atom is 0.240 e. The summed E-state index contributed by atoms with van der Waals surface area (Å²) in [5, 5.41) is 7.69. The average molecular weight is 519 g/mol. The minimum Gasteiger partial charge on any atom is -0.382 e. The molecule has 0 spiro atoms. The molecule has 0 radical (unpaired) electrons. The number of methoxy groups -OCH3 is 3. The lowest BCUT2D eigenvalue weighted by Gasteiger charge is -2.25. The predicted octanol–water partition coefficient (Wildman–Crippen LogP) is 2.31. The Morgan fingerprint density at radius 1 is 1.18 bits per heavy atom. The molecule has 0 bridgehead atoms. The topological polar surface area (TPSA) is 140 Å². The highest BCUT2D eigenvalue weighted by Gasteiger charge is 2.36. The van der Waals surface area contributed by atoms with Crippen LogP contribution in [0.25, 0.3) is 0 Å². The fraction of sp³-hybridized carbons (Fsp3) is 0.700. The molecule has 1 fully saturated rings. The molecule has 14 heteroatoms. The van der Waals surface area contributed by atoms with Gasteiger partial charge in [0.25, 0.3) is 0 Å². The first-order valence-electron chi connectivity index (χ1n) is 10.8. The largest absolute Gasteiger partial charge is 0.382 e. The average Bonchev–Trinajstić information content (AvgIpc) is 3.41. The van der Waals surface area contributed by atoms with Gasteiger partial charge in [0, 0.05) is 33.7 Å². The molecule has 0 saturated carbocycles. The van der Waals surface area contributed by atoms with Crippen molar-refractivity contribution in [2.75, 3.05) is 39.3 Å². The lowest BCUT2D eigenvalue weighted by atomic mass is 10.2. The lowest BCUT2D eigenvalue weighted by molar-refractivity contribution is 0.0406. The normalized spacial score (nSPS) is 20.6. The highest BCUT2D eigenvalue weighted by Crippen LogP contribution is 2.35. The van der Waals surface area contributed by atoms with E-state index in [0.717, 1.165) is 12.8 Å². The van der Waals surface area contributed by atoms with E-state index in [4.69, 9.17) is 30.5 Å². The summed E-state index contributed by atoms with van der Waals surface area (Å²) in [5.41, 5.74) is 0. The Labute approximate surface area is 204 Å². The van der Waals surface area contributed by atoms with E-state index in [0.29, 0.717) is 10.8 Å². The van der Waals surface area contributed by atoms with Gasteiger partial charge in [-0.15, -0.1) is 10.2 Å². The number of rotatable bonds is 12. The molecule has 1 aliphatic rings. The van der Waals surface area contributed by atoms with Crippen molar-refractivity contribution >= 4 is 27.6 Å². The number of hydrogen-bond acceptors (Lipinski definition) is 10. The minimum atomic E-state index is -4.02. The van der Waals surface area contributed by atoms with Crippen LogP contribution in [0.5, 0.6) is 0 Å². The number of aromatic nitrogens is 5. The number of ether oxygens (including phenoxy) is 4. The Bertz CT molecular complexity index is 1030. The van der Waals surface area contributed by atoms with Gasteiger partial charge >= 0.3 is 0 Å². The van der Waals surface area contributed by atoms with Crippen molar-refractivity contribution in [3.05, 3.63) is 29.1 Å². The zero-order chi connectivity index (χ0) is 24.9.